The van der Waals surface area contributed by atoms with Gasteiger partial charge in [-0.2, -0.15) is 0 Å². The average Bonchev–Trinajstić information content (AvgIpc) is 2.38. The van der Waals surface area contributed by atoms with Gasteiger partial charge in [0.1, 0.15) is 0 Å². The van der Waals surface area contributed by atoms with E-state index in [-0.39, 0.29) is 24.3 Å². The van der Waals surface area contributed by atoms with Gasteiger partial charge in [-0.15, -0.1) is 0 Å². The van der Waals surface area contributed by atoms with Gasteiger partial charge < -0.3 is 14.7 Å². The van der Waals surface area contributed by atoms with E-state index in [1.54, 1.807) is 18.9 Å². The fourth-order valence-electron chi connectivity index (χ4n) is 3.16. The molecule has 0 saturated carbocycles. The molecule has 1 aromatic rings. The highest BCUT2D eigenvalue weighted by molar-refractivity contribution is 5.96. The number of ether oxygens (including phenoxy) is 1. The monoisotopic (exact) mass is 291 g/mol. The highest BCUT2D eigenvalue weighted by Crippen LogP contribution is 2.33. The van der Waals surface area contributed by atoms with Crippen LogP contribution in [0.25, 0.3) is 0 Å². The van der Waals surface area contributed by atoms with E-state index in [1.807, 2.05) is 31.2 Å². The lowest BCUT2D eigenvalue weighted by Gasteiger charge is -2.40. The zero-order valence-electron chi connectivity index (χ0n) is 12.6. The third-order valence-corrected chi connectivity index (χ3v) is 4.09. The van der Waals surface area contributed by atoms with E-state index in [0.717, 1.165) is 11.3 Å². The van der Waals surface area contributed by atoms with Crippen molar-refractivity contribution in [2.24, 2.45) is 11.8 Å². The van der Waals surface area contributed by atoms with Crippen LogP contribution in [0.15, 0.2) is 24.3 Å². The molecular formula is C16H21NO4. The molecule has 1 amide bonds. The van der Waals surface area contributed by atoms with Crippen LogP contribution < -0.4 is 4.90 Å². The number of nitrogens with zero attached hydrogens (tertiary/aromatic N) is 1. The zero-order valence-corrected chi connectivity index (χ0v) is 12.6. The first-order valence-corrected chi connectivity index (χ1v) is 7.08. The SMILES string of the molecule is COCc1cccc(N2C(=O)CC(C)C(C(=O)O)C2C)c1. The minimum atomic E-state index is -0.847. The second-order valence-electron chi connectivity index (χ2n) is 5.65. The second-order valence-corrected chi connectivity index (χ2v) is 5.65. The third kappa shape index (κ3) is 3.08. The van der Waals surface area contributed by atoms with Gasteiger partial charge >= 0.3 is 5.97 Å². The normalized spacial score (nSPS) is 26.0. The number of aliphatic carboxylic acids is 1. The van der Waals surface area contributed by atoms with Crippen molar-refractivity contribution in [3.8, 4) is 0 Å². The Bertz CT molecular complexity index is 543. The number of carboxylic acids is 1. The van der Waals surface area contributed by atoms with Crippen LogP contribution in [0.2, 0.25) is 0 Å². The molecule has 2 rings (SSSR count). The smallest absolute Gasteiger partial charge is 0.308 e. The topological polar surface area (TPSA) is 66.8 Å². The molecule has 0 spiro atoms. The fourth-order valence-corrected chi connectivity index (χ4v) is 3.16. The van der Waals surface area contributed by atoms with Gasteiger partial charge in [0, 0.05) is 25.3 Å². The molecule has 21 heavy (non-hydrogen) atoms. The van der Waals surface area contributed by atoms with Crippen molar-refractivity contribution in [2.45, 2.75) is 32.9 Å². The number of rotatable bonds is 4. The number of amides is 1. The first kappa shape index (κ1) is 15.5. The molecule has 3 atom stereocenters. The Kier molecular flexibility index (Phi) is 4.63. The van der Waals surface area contributed by atoms with Crippen LogP contribution in [0.4, 0.5) is 5.69 Å². The van der Waals surface area contributed by atoms with Crippen LogP contribution in [-0.2, 0) is 20.9 Å². The second kappa shape index (κ2) is 6.26. The highest BCUT2D eigenvalue weighted by atomic mass is 16.5. The standard InChI is InChI=1S/C16H21NO4/c1-10-7-14(18)17(11(2)15(10)16(19)20)13-6-4-5-12(8-13)9-21-3/h4-6,8,10-11,15H,7,9H2,1-3H3,(H,19,20). The maximum Gasteiger partial charge on any atom is 0.308 e. The Hall–Kier alpha value is -1.88. The number of carbonyl (C=O) groups is 2. The van der Waals surface area contributed by atoms with Crippen LogP contribution in [0.1, 0.15) is 25.8 Å². The van der Waals surface area contributed by atoms with Crippen molar-refractivity contribution < 1.29 is 19.4 Å². The molecule has 114 valence electrons. The summed E-state index contributed by atoms with van der Waals surface area (Å²) in [6.07, 6.45) is 0.260. The van der Waals surface area contributed by atoms with Gasteiger partial charge in [-0.05, 0) is 30.5 Å². The Morgan fingerprint density at radius 1 is 1.43 bits per heavy atom. The lowest BCUT2D eigenvalue weighted by atomic mass is 9.80. The largest absolute Gasteiger partial charge is 0.481 e. The number of methoxy groups -OCH3 is 1. The van der Waals surface area contributed by atoms with Gasteiger partial charge in [0.15, 0.2) is 0 Å². The number of anilines is 1. The number of hydrogen-bond donors (Lipinski definition) is 1. The number of carbonyl (C=O) groups excluding carboxylic acids is 1. The summed E-state index contributed by atoms with van der Waals surface area (Å²) in [5, 5.41) is 9.41. The van der Waals surface area contributed by atoms with Gasteiger partial charge in [0.25, 0.3) is 0 Å². The van der Waals surface area contributed by atoms with E-state index in [1.165, 1.54) is 0 Å². The molecule has 0 bridgehead atoms. The average molecular weight is 291 g/mol. The summed E-state index contributed by atoms with van der Waals surface area (Å²) in [5.41, 5.74) is 1.70. The van der Waals surface area contributed by atoms with E-state index in [9.17, 15) is 14.7 Å². The van der Waals surface area contributed by atoms with Crippen molar-refractivity contribution in [1.82, 2.24) is 0 Å². The fraction of sp³-hybridized carbons (Fsp3) is 0.500. The molecule has 0 radical (unpaired) electrons. The molecule has 1 fully saturated rings. The zero-order chi connectivity index (χ0) is 15.6. The van der Waals surface area contributed by atoms with Crippen molar-refractivity contribution in [3.63, 3.8) is 0 Å². The Balaban J connectivity index is 2.34. The molecule has 1 aliphatic heterocycles. The van der Waals surface area contributed by atoms with Crippen LogP contribution >= 0.6 is 0 Å². The van der Waals surface area contributed by atoms with Gasteiger partial charge in [-0.1, -0.05) is 19.1 Å². The Morgan fingerprint density at radius 3 is 2.76 bits per heavy atom. The number of piperidine rings is 1. The summed E-state index contributed by atoms with van der Waals surface area (Å²) < 4.78 is 5.10. The van der Waals surface area contributed by atoms with Crippen LogP contribution in [0.5, 0.6) is 0 Å². The van der Waals surface area contributed by atoms with Crippen molar-refractivity contribution in [1.29, 1.82) is 0 Å². The lowest BCUT2D eigenvalue weighted by Crippen LogP contribution is -2.53. The van der Waals surface area contributed by atoms with E-state index in [2.05, 4.69) is 0 Å². The predicted molar refractivity (Wildman–Crippen MR) is 79.0 cm³/mol. The van der Waals surface area contributed by atoms with Crippen LogP contribution in [0, 0.1) is 11.8 Å². The summed E-state index contributed by atoms with van der Waals surface area (Å²) in [5.74, 6) is -1.57. The molecule has 0 aromatic heterocycles. The lowest BCUT2D eigenvalue weighted by molar-refractivity contribution is -0.146. The quantitative estimate of drug-likeness (QED) is 0.924. The first-order valence-electron chi connectivity index (χ1n) is 7.08. The molecule has 0 aliphatic carbocycles. The van der Waals surface area contributed by atoms with Gasteiger partial charge in [-0.25, -0.2) is 0 Å². The summed E-state index contributed by atoms with van der Waals surface area (Å²) >= 11 is 0. The van der Waals surface area contributed by atoms with Crippen molar-refractivity contribution >= 4 is 17.6 Å². The van der Waals surface area contributed by atoms with Crippen LogP contribution in [-0.4, -0.2) is 30.1 Å². The van der Waals surface area contributed by atoms with E-state index in [4.69, 9.17) is 4.74 Å². The minimum Gasteiger partial charge on any atom is -0.481 e. The highest BCUT2D eigenvalue weighted by Gasteiger charge is 2.42. The van der Waals surface area contributed by atoms with E-state index < -0.39 is 11.9 Å². The predicted octanol–water partition coefficient (Wildman–Crippen LogP) is 2.30. The third-order valence-electron chi connectivity index (χ3n) is 4.09. The van der Waals surface area contributed by atoms with E-state index >= 15 is 0 Å². The number of benzene rings is 1. The molecule has 1 N–H and O–H groups in total. The molecule has 5 heteroatoms. The molecule has 1 saturated heterocycles. The maximum absolute atomic E-state index is 12.4. The van der Waals surface area contributed by atoms with Crippen molar-refractivity contribution in [3.05, 3.63) is 29.8 Å². The van der Waals surface area contributed by atoms with Crippen LogP contribution in [0.3, 0.4) is 0 Å². The Labute approximate surface area is 124 Å². The minimum absolute atomic E-state index is 0.0259. The Morgan fingerprint density at radius 2 is 2.14 bits per heavy atom. The van der Waals surface area contributed by atoms with Gasteiger partial charge in [0.2, 0.25) is 5.91 Å². The maximum atomic E-state index is 12.4. The summed E-state index contributed by atoms with van der Waals surface area (Å²) in [6, 6.07) is 7.13. The molecule has 1 aromatic carbocycles. The van der Waals surface area contributed by atoms with Crippen molar-refractivity contribution in [2.75, 3.05) is 12.0 Å². The summed E-state index contributed by atoms with van der Waals surface area (Å²) in [7, 11) is 1.61. The molecule has 1 heterocycles. The molecule has 1 aliphatic rings. The van der Waals surface area contributed by atoms with E-state index in [0.29, 0.717) is 6.61 Å². The van der Waals surface area contributed by atoms with Gasteiger partial charge in [0.05, 0.1) is 12.5 Å². The summed E-state index contributed by atoms with van der Waals surface area (Å²) in [6.45, 7) is 4.09. The molecule has 3 unspecified atom stereocenters. The van der Waals surface area contributed by atoms with Gasteiger partial charge in [-0.3, -0.25) is 9.59 Å². The number of hydrogen-bond acceptors (Lipinski definition) is 3. The first-order chi connectivity index (χ1) is 9.95. The number of carboxylic acid groups (broad SMARTS) is 1. The summed E-state index contributed by atoms with van der Waals surface area (Å²) in [4.78, 5) is 25.4. The molecule has 5 nitrogen and oxygen atoms in total. The molecular weight excluding hydrogens is 270 g/mol.